The molecule has 0 saturated heterocycles. The van der Waals surface area contributed by atoms with Crippen LogP contribution in [0.2, 0.25) is 0 Å². The molecule has 0 aromatic rings. The molecular weight excluding hydrogens is 264 g/mol. The zero-order valence-electron chi connectivity index (χ0n) is 12.8. The van der Waals surface area contributed by atoms with E-state index in [1.54, 1.807) is 6.08 Å². The van der Waals surface area contributed by atoms with E-state index in [9.17, 15) is 15.0 Å². The van der Waals surface area contributed by atoms with Crippen molar-refractivity contribution < 1.29 is 15.0 Å². The molecule has 0 amide bonds. The Kier molecular flexibility index (Phi) is 2.94. The fraction of sp³-hybridized carbons (Fsp3) is 0.833. The van der Waals surface area contributed by atoms with Crippen molar-refractivity contribution in [1.82, 2.24) is 0 Å². The van der Waals surface area contributed by atoms with Gasteiger partial charge in [-0.3, -0.25) is 4.79 Å². The van der Waals surface area contributed by atoms with Crippen LogP contribution in [0.3, 0.4) is 0 Å². The number of hydrogen-bond acceptors (Lipinski definition) is 3. The number of carbonyl (C=O) groups excluding carboxylic acids is 1. The SMILES string of the molecule is C[C@]12CCC3C(CCC4=CC(=O)CC[C@@]43O)C1CC[C@@H]2O. The molecule has 0 radical (unpaired) electrons. The van der Waals surface area contributed by atoms with Crippen molar-refractivity contribution in [2.24, 2.45) is 23.2 Å². The van der Waals surface area contributed by atoms with E-state index in [2.05, 4.69) is 6.92 Å². The van der Waals surface area contributed by atoms with E-state index in [4.69, 9.17) is 0 Å². The van der Waals surface area contributed by atoms with Crippen LogP contribution >= 0.6 is 0 Å². The van der Waals surface area contributed by atoms with Crippen LogP contribution in [0.1, 0.15) is 58.3 Å². The normalized spacial score (nSPS) is 52.7. The quantitative estimate of drug-likeness (QED) is 0.721. The lowest BCUT2D eigenvalue weighted by molar-refractivity contribution is -0.129. The van der Waals surface area contributed by atoms with Crippen LogP contribution in [-0.2, 0) is 4.79 Å². The lowest BCUT2D eigenvalue weighted by Gasteiger charge is -2.56. The smallest absolute Gasteiger partial charge is 0.155 e. The third-order valence-corrected chi connectivity index (χ3v) is 7.39. The minimum Gasteiger partial charge on any atom is -0.393 e. The van der Waals surface area contributed by atoms with E-state index in [1.807, 2.05) is 0 Å². The summed E-state index contributed by atoms with van der Waals surface area (Å²) in [5.41, 5.74) is 0.330. The van der Waals surface area contributed by atoms with Crippen LogP contribution in [0.4, 0.5) is 0 Å². The highest BCUT2D eigenvalue weighted by atomic mass is 16.3. The zero-order valence-corrected chi connectivity index (χ0v) is 12.8. The topological polar surface area (TPSA) is 57.5 Å². The lowest BCUT2D eigenvalue weighted by atomic mass is 9.50. The molecule has 2 N–H and O–H groups in total. The molecule has 4 rings (SSSR count). The van der Waals surface area contributed by atoms with Crippen LogP contribution in [0.15, 0.2) is 11.6 Å². The van der Waals surface area contributed by atoms with Gasteiger partial charge < -0.3 is 10.2 Å². The summed E-state index contributed by atoms with van der Waals surface area (Å²) in [4.78, 5) is 11.7. The predicted molar refractivity (Wildman–Crippen MR) is 79.6 cm³/mol. The number of ketones is 1. The van der Waals surface area contributed by atoms with E-state index in [-0.39, 0.29) is 17.3 Å². The van der Waals surface area contributed by atoms with Crippen LogP contribution in [0, 0.1) is 23.2 Å². The first-order valence-electron chi connectivity index (χ1n) is 8.59. The molecule has 3 saturated carbocycles. The molecule has 6 atom stereocenters. The van der Waals surface area contributed by atoms with Gasteiger partial charge >= 0.3 is 0 Å². The number of fused-ring (bicyclic) bond motifs is 5. The van der Waals surface area contributed by atoms with Crippen molar-refractivity contribution in [3.8, 4) is 0 Å². The third kappa shape index (κ3) is 1.77. The Balaban J connectivity index is 1.69. The summed E-state index contributed by atoms with van der Waals surface area (Å²) >= 11 is 0. The molecule has 0 spiro atoms. The first-order valence-corrected chi connectivity index (χ1v) is 8.59. The first-order chi connectivity index (χ1) is 9.95. The van der Waals surface area contributed by atoms with E-state index in [1.165, 1.54) is 0 Å². The van der Waals surface area contributed by atoms with Gasteiger partial charge in [-0.25, -0.2) is 0 Å². The highest BCUT2D eigenvalue weighted by Crippen LogP contribution is 2.62. The lowest BCUT2D eigenvalue weighted by Crippen LogP contribution is -2.55. The van der Waals surface area contributed by atoms with Gasteiger partial charge in [0.2, 0.25) is 0 Å². The molecular formula is C18H26O3. The Bertz CT molecular complexity index is 511. The van der Waals surface area contributed by atoms with Crippen molar-refractivity contribution in [1.29, 1.82) is 0 Å². The van der Waals surface area contributed by atoms with E-state index in [0.717, 1.165) is 44.1 Å². The average molecular weight is 290 g/mol. The molecule has 3 unspecified atom stereocenters. The highest BCUT2D eigenvalue weighted by molar-refractivity contribution is 5.92. The van der Waals surface area contributed by atoms with Gasteiger partial charge in [0.15, 0.2) is 5.78 Å². The van der Waals surface area contributed by atoms with E-state index >= 15 is 0 Å². The number of carbonyl (C=O) groups is 1. The van der Waals surface area contributed by atoms with E-state index in [0.29, 0.717) is 30.6 Å². The summed E-state index contributed by atoms with van der Waals surface area (Å²) in [6.45, 7) is 2.26. The minimum absolute atomic E-state index is 0.0588. The summed E-state index contributed by atoms with van der Waals surface area (Å²) in [6, 6.07) is 0. The molecule has 116 valence electrons. The third-order valence-electron chi connectivity index (χ3n) is 7.39. The maximum absolute atomic E-state index is 11.7. The molecule has 21 heavy (non-hydrogen) atoms. The number of aliphatic hydroxyl groups excluding tert-OH is 1. The van der Waals surface area contributed by atoms with Gasteiger partial charge in [0, 0.05) is 6.42 Å². The molecule has 0 aliphatic heterocycles. The highest BCUT2D eigenvalue weighted by Gasteiger charge is 2.59. The Morgan fingerprint density at radius 2 is 1.90 bits per heavy atom. The van der Waals surface area contributed by atoms with Crippen molar-refractivity contribution in [3.05, 3.63) is 11.6 Å². The summed E-state index contributed by atoms with van der Waals surface area (Å²) < 4.78 is 0. The zero-order chi connectivity index (χ0) is 14.8. The van der Waals surface area contributed by atoms with Crippen molar-refractivity contribution in [2.45, 2.75) is 70.0 Å². The average Bonchev–Trinajstić information content (AvgIpc) is 2.76. The Morgan fingerprint density at radius 3 is 2.71 bits per heavy atom. The van der Waals surface area contributed by atoms with E-state index < -0.39 is 5.60 Å². The van der Waals surface area contributed by atoms with Gasteiger partial charge in [0.05, 0.1) is 11.7 Å². The maximum Gasteiger partial charge on any atom is 0.155 e. The van der Waals surface area contributed by atoms with Gasteiger partial charge in [-0.2, -0.15) is 0 Å². The maximum atomic E-state index is 11.7. The molecule has 0 aromatic carbocycles. The van der Waals surface area contributed by atoms with Gasteiger partial charge in [-0.15, -0.1) is 0 Å². The van der Waals surface area contributed by atoms with Gasteiger partial charge in [-0.05, 0) is 79.8 Å². The van der Waals surface area contributed by atoms with Crippen LogP contribution in [0.25, 0.3) is 0 Å². The molecule has 0 aromatic heterocycles. The molecule has 3 heteroatoms. The minimum atomic E-state index is -0.730. The second-order valence-corrected chi connectivity index (χ2v) is 8.11. The standard InChI is InChI=1S/C18H26O3/c1-17-8-7-15-13(14(17)4-5-16(17)20)3-2-11-10-12(19)6-9-18(11,15)21/h10,13-16,20-21H,2-9H2,1H3/t13?,14?,15?,16-,17-,18+/m0/s1. The fourth-order valence-corrected chi connectivity index (χ4v) is 6.16. The fourth-order valence-electron chi connectivity index (χ4n) is 6.16. The molecule has 0 bridgehead atoms. The summed E-state index contributed by atoms with van der Waals surface area (Å²) in [6.07, 6.45) is 8.67. The van der Waals surface area contributed by atoms with Crippen LogP contribution in [0.5, 0.6) is 0 Å². The van der Waals surface area contributed by atoms with Gasteiger partial charge in [0.1, 0.15) is 0 Å². The Morgan fingerprint density at radius 1 is 1.10 bits per heavy atom. The van der Waals surface area contributed by atoms with Crippen molar-refractivity contribution in [2.75, 3.05) is 0 Å². The number of rotatable bonds is 0. The Hall–Kier alpha value is -0.670. The largest absolute Gasteiger partial charge is 0.393 e. The second-order valence-electron chi connectivity index (χ2n) is 8.11. The summed E-state index contributed by atoms with van der Waals surface area (Å²) in [5, 5.41) is 21.7. The first kappa shape index (κ1) is 14.0. The Labute approximate surface area is 126 Å². The number of aliphatic hydroxyl groups is 2. The summed E-state index contributed by atoms with van der Waals surface area (Å²) in [7, 11) is 0. The molecule has 3 fully saturated rings. The number of hydrogen-bond donors (Lipinski definition) is 2. The molecule has 3 nitrogen and oxygen atoms in total. The van der Waals surface area contributed by atoms with Crippen LogP contribution < -0.4 is 0 Å². The predicted octanol–water partition coefficient (Wildman–Crippen LogP) is 2.60. The summed E-state index contributed by atoms with van der Waals surface area (Å²) in [5.74, 6) is 1.56. The van der Waals surface area contributed by atoms with Gasteiger partial charge in [-0.1, -0.05) is 6.92 Å². The molecule has 0 heterocycles. The molecule has 4 aliphatic rings. The van der Waals surface area contributed by atoms with Crippen molar-refractivity contribution in [3.63, 3.8) is 0 Å². The molecule has 4 aliphatic carbocycles. The van der Waals surface area contributed by atoms with Crippen molar-refractivity contribution >= 4 is 5.78 Å². The van der Waals surface area contributed by atoms with Crippen LogP contribution in [-0.4, -0.2) is 27.7 Å². The van der Waals surface area contributed by atoms with Gasteiger partial charge in [0.25, 0.3) is 0 Å². The second kappa shape index (κ2) is 4.42. The monoisotopic (exact) mass is 290 g/mol.